The number of rotatable bonds is 5. The molecule has 1 rings (SSSR count). The second kappa shape index (κ2) is 5.56. The lowest BCUT2D eigenvalue weighted by Crippen LogP contribution is -2.16. The van der Waals surface area contributed by atoms with Crippen molar-refractivity contribution in [1.82, 2.24) is 9.78 Å². The lowest BCUT2D eigenvalue weighted by Gasteiger charge is -2.11. The van der Waals surface area contributed by atoms with Gasteiger partial charge in [0.1, 0.15) is 0 Å². The third-order valence-corrected chi connectivity index (χ3v) is 3.41. The molecule has 15 heavy (non-hydrogen) atoms. The lowest BCUT2D eigenvalue weighted by atomic mass is 10.2. The molecular weight excluding hydrogens is 208 g/mol. The molecule has 4 heteroatoms. The van der Waals surface area contributed by atoms with Crippen molar-refractivity contribution in [2.75, 3.05) is 5.75 Å². The first-order chi connectivity index (χ1) is 6.99. The number of nitrogens with zero attached hydrogens (tertiary/aromatic N) is 2. The van der Waals surface area contributed by atoms with Crippen molar-refractivity contribution in [3.63, 3.8) is 0 Å². The highest BCUT2D eigenvalue weighted by atomic mass is 32.2. The highest BCUT2D eigenvalue weighted by Crippen LogP contribution is 2.13. The summed E-state index contributed by atoms with van der Waals surface area (Å²) >= 11 is 1.79. The summed E-state index contributed by atoms with van der Waals surface area (Å²) < 4.78 is 1.85. The largest absolute Gasteiger partial charge is 0.392 e. The molecule has 86 valence electrons. The van der Waals surface area contributed by atoms with Crippen molar-refractivity contribution in [3.05, 3.63) is 17.5 Å². The van der Waals surface area contributed by atoms with Crippen LogP contribution >= 0.6 is 11.8 Å². The maximum absolute atomic E-state index is 9.82. The molecule has 0 aliphatic heterocycles. The predicted octanol–water partition coefficient (Wildman–Crippen LogP) is 1.77. The van der Waals surface area contributed by atoms with E-state index in [1.807, 2.05) is 24.7 Å². The maximum atomic E-state index is 9.82. The van der Waals surface area contributed by atoms with Gasteiger partial charge >= 0.3 is 0 Å². The molecule has 0 spiro atoms. The van der Waals surface area contributed by atoms with E-state index in [4.69, 9.17) is 0 Å². The summed E-state index contributed by atoms with van der Waals surface area (Å²) in [7, 11) is 1.92. The Morgan fingerprint density at radius 1 is 1.53 bits per heavy atom. The van der Waals surface area contributed by atoms with Crippen molar-refractivity contribution < 1.29 is 5.11 Å². The van der Waals surface area contributed by atoms with Crippen molar-refractivity contribution in [2.24, 2.45) is 7.05 Å². The summed E-state index contributed by atoms with van der Waals surface area (Å²) in [5.41, 5.74) is 2.11. The van der Waals surface area contributed by atoms with Gasteiger partial charge in [-0.2, -0.15) is 16.9 Å². The number of aromatic nitrogens is 2. The first-order valence-electron chi connectivity index (χ1n) is 5.28. The Labute approximate surface area is 95.9 Å². The quantitative estimate of drug-likeness (QED) is 0.834. The number of aryl methyl sites for hydroxylation is 2. The van der Waals surface area contributed by atoms with Crippen molar-refractivity contribution in [3.8, 4) is 0 Å². The summed E-state index contributed by atoms with van der Waals surface area (Å²) in [5.74, 6) is 0.794. The van der Waals surface area contributed by atoms with Crippen molar-refractivity contribution in [2.45, 2.75) is 38.5 Å². The zero-order chi connectivity index (χ0) is 11.4. The third-order valence-electron chi connectivity index (χ3n) is 2.17. The van der Waals surface area contributed by atoms with E-state index in [1.54, 1.807) is 11.8 Å². The molecule has 0 saturated carbocycles. The van der Waals surface area contributed by atoms with Gasteiger partial charge in [-0.15, -0.1) is 0 Å². The van der Waals surface area contributed by atoms with Crippen LogP contribution in [0.3, 0.4) is 0 Å². The number of hydrogen-bond acceptors (Lipinski definition) is 3. The molecule has 1 aromatic heterocycles. The summed E-state index contributed by atoms with van der Waals surface area (Å²) in [6.07, 6.45) is 0.420. The second-order valence-corrected chi connectivity index (χ2v) is 5.75. The average molecular weight is 228 g/mol. The summed E-state index contributed by atoms with van der Waals surface area (Å²) in [6, 6.07) is 2.03. The van der Waals surface area contributed by atoms with Gasteiger partial charge < -0.3 is 5.11 Å². The van der Waals surface area contributed by atoms with Gasteiger partial charge in [0.25, 0.3) is 0 Å². The van der Waals surface area contributed by atoms with Crippen LogP contribution in [0.15, 0.2) is 6.07 Å². The van der Waals surface area contributed by atoms with Gasteiger partial charge in [-0.25, -0.2) is 0 Å². The summed E-state index contributed by atoms with van der Waals surface area (Å²) in [5, 5.41) is 14.7. The van der Waals surface area contributed by atoms with E-state index in [2.05, 4.69) is 18.9 Å². The third kappa shape index (κ3) is 4.26. The Morgan fingerprint density at radius 2 is 2.20 bits per heavy atom. The van der Waals surface area contributed by atoms with Gasteiger partial charge in [-0.3, -0.25) is 4.68 Å². The highest BCUT2D eigenvalue weighted by molar-refractivity contribution is 7.99. The maximum Gasteiger partial charge on any atom is 0.0685 e. The van der Waals surface area contributed by atoms with Crippen LogP contribution in [0.5, 0.6) is 0 Å². The molecule has 1 heterocycles. The second-order valence-electron chi connectivity index (χ2n) is 4.14. The molecule has 0 aliphatic carbocycles. The Morgan fingerprint density at radius 3 is 2.67 bits per heavy atom. The van der Waals surface area contributed by atoms with E-state index < -0.39 is 0 Å². The zero-order valence-corrected chi connectivity index (χ0v) is 10.7. The van der Waals surface area contributed by atoms with E-state index in [0.717, 1.165) is 17.1 Å². The standard InChI is InChI=1S/C11H20N2OS/c1-8(2)15-7-11(14)6-10-5-9(3)12-13(10)4/h5,8,11,14H,6-7H2,1-4H3. The monoisotopic (exact) mass is 228 g/mol. The number of aliphatic hydroxyl groups excluding tert-OH is 1. The van der Waals surface area contributed by atoms with Crippen LogP contribution in [-0.4, -0.2) is 32.0 Å². The van der Waals surface area contributed by atoms with Crippen LogP contribution in [0.4, 0.5) is 0 Å². The fourth-order valence-electron chi connectivity index (χ4n) is 1.46. The molecule has 0 bridgehead atoms. The molecule has 3 nitrogen and oxygen atoms in total. The van der Waals surface area contributed by atoms with Crippen molar-refractivity contribution >= 4 is 11.8 Å². The van der Waals surface area contributed by atoms with Gasteiger partial charge in [0.2, 0.25) is 0 Å². The molecule has 0 radical (unpaired) electrons. The normalized spacial score (nSPS) is 13.5. The molecule has 0 amide bonds. The molecule has 0 fully saturated rings. The minimum Gasteiger partial charge on any atom is -0.392 e. The van der Waals surface area contributed by atoms with Crippen LogP contribution in [-0.2, 0) is 13.5 Å². The molecule has 1 unspecified atom stereocenters. The summed E-state index contributed by atoms with van der Waals surface area (Å²) in [4.78, 5) is 0. The first kappa shape index (κ1) is 12.6. The molecule has 1 atom stereocenters. The Hall–Kier alpha value is -0.480. The van der Waals surface area contributed by atoms with E-state index in [0.29, 0.717) is 11.7 Å². The highest BCUT2D eigenvalue weighted by Gasteiger charge is 2.10. The molecule has 1 N–H and O–H groups in total. The van der Waals surface area contributed by atoms with E-state index >= 15 is 0 Å². The van der Waals surface area contributed by atoms with Crippen LogP contribution in [0.1, 0.15) is 25.2 Å². The minimum atomic E-state index is -0.271. The fraction of sp³-hybridized carbons (Fsp3) is 0.727. The Kier molecular flexibility index (Phi) is 4.67. The molecular formula is C11H20N2OS. The smallest absolute Gasteiger partial charge is 0.0685 e. The van der Waals surface area contributed by atoms with E-state index in [9.17, 15) is 5.11 Å². The average Bonchev–Trinajstić information content (AvgIpc) is 2.42. The lowest BCUT2D eigenvalue weighted by molar-refractivity contribution is 0.197. The Bertz CT molecular complexity index is 310. The van der Waals surface area contributed by atoms with Crippen LogP contribution in [0, 0.1) is 6.92 Å². The van der Waals surface area contributed by atoms with Crippen molar-refractivity contribution in [1.29, 1.82) is 0 Å². The van der Waals surface area contributed by atoms with Crippen LogP contribution < -0.4 is 0 Å². The molecule has 1 aromatic rings. The van der Waals surface area contributed by atoms with Crippen LogP contribution in [0.2, 0.25) is 0 Å². The fourth-order valence-corrected chi connectivity index (χ4v) is 2.18. The van der Waals surface area contributed by atoms with E-state index in [-0.39, 0.29) is 6.10 Å². The minimum absolute atomic E-state index is 0.271. The topological polar surface area (TPSA) is 38.0 Å². The molecule has 0 aliphatic rings. The number of thioether (sulfide) groups is 1. The predicted molar refractivity (Wildman–Crippen MR) is 65.2 cm³/mol. The van der Waals surface area contributed by atoms with Gasteiger partial charge in [-0.05, 0) is 18.2 Å². The SMILES string of the molecule is Cc1cc(CC(O)CSC(C)C)n(C)n1. The van der Waals surface area contributed by atoms with Gasteiger partial charge in [0, 0.05) is 24.9 Å². The zero-order valence-electron chi connectivity index (χ0n) is 9.90. The molecule has 0 aromatic carbocycles. The van der Waals surface area contributed by atoms with Crippen LogP contribution in [0.25, 0.3) is 0 Å². The van der Waals surface area contributed by atoms with E-state index in [1.165, 1.54) is 0 Å². The number of aliphatic hydroxyl groups is 1. The first-order valence-corrected chi connectivity index (χ1v) is 6.33. The molecule has 0 saturated heterocycles. The summed E-state index contributed by atoms with van der Waals surface area (Å²) in [6.45, 7) is 6.26. The van der Waals surface area contributed by atoms with Gasteiger partial charge in [0.05, 0.1) is 11.8 Å². The van der Waals surface area contributed by atoms with Gasteiger partial charge in [-0.1, -0.05) is 13.8 Å². The van der Waals surface area contributed by atoms with Gasteiger partial charge in [0.15, 0.2) is 0 Å². The Balaban J connectivity index is 2.44. The number of hydrogen-bond donors (Lipinski definition) is 1.